The molecule has 3 rings (SSSR count). The lowest BCUT2D eigenvalue weighted by molar-refractivity contribution is -0.131. The normalized spacial score (nSPS) is 19.9. The molecule has 1 heterocycles. The van der Waals surface area contributed by atoms with E-state index in [9.17, 15) is 9.59 Å². The number of nitrogens with zero attached hydrogens (tertiary/aromatic N) is 1. The van der Waals surface area contributed by atoms with E-state index in [0.29, 0.717) is 16.3 Å². The largest absolute Gasteiger partial charge is 0.492 e. The molecule has 130 valence electrons. The lowest BCUT2D eigenvalue weighted by Crippen LogP contribution is -2.41. The van der Waals surface area contributed by atoms with Crippen LogP contribution in [0.2, 0.25) is 5.02 Å². The molecular weight excluding hydrogens is 408 g/mol. The van der Waals surface area contributed by atoms with Crippen LogP contribution in [0.5, 0.6) is 5.75 Å². The molecular formula is C18H16BrClN2O3. The molecule has 0 aliphatic carbocycles. The Morgan fingerprint density at radius 3 is 2.40 bits per heavy atom. The highest BCUT2D eigenvalue weighted by Gasteiger charge is 2.48. The van der Waals surface area contributed by atoms with Gasteiger partial charge < -0.3 is 10.1 Å². The summed E-state index contributed by atoms with van der Waals surface area (Å²) in [5, 5.41) is 3.33. The standard InChI is InChI=1S/C18H16BrClN2O3/c1-18(12-2-6-14(20)7-3-12)16(23)22(17(24)21-18)10-11-25-15-8-4-13(19)5-9-15/h2-9H,10-11H2,1H3,(H,21,24). The number of ether oxygens (including phenoxy) is 1. The minimum Gasteiger partial charge on any atom is -0.492 e. The first kappa shape index (κ1) is 17.8. The molecule has 1 fully saturated rings. The van der Waals surface area contributed by atoms with Crippen LogP contribution in [0.25, 0.3) is 0 Å². The predicted octanol–water partition coefficient (Wildman–Crippen LogP) is 3.95. The summed E-state index contributed by atoms with van der Waals surface area (Å²) < 4.78 is 6.55. The van der Waals surface area contributed by atoms with E-state index in [0.717, 1.165) is 4.47 Å². The van der Waals surface area contributed by atoms with Crippen molar-refractivity contribution in [3.8, 4) is 5.75 Å². The Labute approximate surface area is 159 Å². The molecule has 1 aliphatic rings. The number of nitrogens with one attached hydrogen (secondary N) is 1. The van der Waals surface area contributed by atoms with Crippen LogP contribution in [0.3, 0.4) is 0 Å². The molecule has 0 radical (unpaired) electrons. The number of hydrogen-bond acceptors (Lipinski definition) is 3. The van der Waals surface area contributed by atoms with Gasteiger partial charge in [0.05, 0.1) is 6.54 Å². The fourth-order valence-electron chi connectivity index (χ4n) is 2.66. The molecule has 1 unspecified atom stereocenters. The maximum absolute atomic E-state index is 12.8. The number of benzene rings is 2. The smallest absolute Gasteiger partial charge is 0.325 e. The number of amides is 3. The van der Waals surface area contributed by atoms with E-state index in [1.54, 1.807) is 31.2 Å². The van der Waals surface area contributed by atoms with E-state index < -0.39 is 11.6 Å². The first-order valence-electron chi connectivity index (χ1n) is 7.69. The first-order chi connectivity index (χ1) is 11.9. The summed E-state index contributed by atoms with van der Waals surface area (Å²) in [6.45, 7) is 2.08. The zero-order valence-electron chi connectivity index (χ0n) is 13.5. The molecule has 0 bridgehead atoms. The van der Waals surface area contributed by atoms with E-state index in [1.807, 2.05) is 24.3 Å². The van der Waals surface area contributed by atoms with Crippen molar-refractivity contribution in [1.82, 2.24) is 10.2 Å². The molecule has 0 aromatic heterocycles. The second kappa shape index (κ2) is 7.06. The van der Waals surface area contributed by atoms with E-state index in [2.05, 4.69) is 21.2 Å². The van der Waals surface area contributed by atoms with Crippen LogP contribution in [0.15, 0.2) is 53.0 Å². The van der Waals surface area contributed by atoms with Crippen molar-refractivity contribution in [2.75, 3.05) is 13.2 Å². The fraction of sp³-hybridized carbons (Fsp3) is 0.222. The predicted molar refractivity (Wildman–Crippen MR) is 98.7 cm³/mol. The van der Waals surface area contributed by atoms with Crippen molar-refractivity contribution in [3.05, 3.63) is 63.6 Å². The third-order valence-electron chi connectivity index (χ3n) is 4.09. The Morgan fingerprint density at radius 2 is 1.76 bits per heavy atom. The van der Waals surface area contributed by atoms with Crippen LogP contribution in [0, 0.1) is 0 Å². The van der Waals surface area contributed by atoms with Crippen molar-refractivity contribution in [2.45, 2.75) is 12.5 Å². The lowest BCUT2D eigenvalue weighted by Gasteiger charge is -2.22. The average molecular weight is 424 g/mol. The Hall–Kier alpha value is -2.05. The number of halogens is 2. The quantitative estimate of drug-likeness (QED) is 0.741. The van der Waals surface area contributed by atoms with Crippen molar-refractivity contribution < 1.29 is 14.3 Å². The average Bonchev–Trinajstić information content (AvgIpc) is 2.81. The zero-order chi connectivity index (χ0) is 18.0. The van der Waals surface area contributed by atoms with Gasteiger partial charge in [0.2, 0.25) is 0 Å². The van der Waals surface area contributed by atoms with Gasteiger partial charge >= 0.3 is 6.03 Å². The number of carbonyl (C=O) groups excluding carboxylic acids is 2. The van der Waals surface area contributed by atoms with Crippen molar-refractivity contribution >= 4 is 39.5 Å². The van der Waals surface area contributed by atoms with E-state index in [-0.39, 0.29) is 19.1 Å². The maximum atomic E-state index is 12.8. The summed E-state index contributed by atoms with van der Waals surface area (Å²) in [6.07, 6.45) is 0. The Bertz CT molecular complexity index is 795. The van der Waals surface area contributed by atoms with Gasteiger partial charge in [-0.1, -0.05) is 39.7 Å². The zero-order valence-corrected chi connectivity index (χ0v) is 15.8. The number of rotatable bonds is 5. The van der Waals surface area contributed by atoms with Gasteiger partial charge in [-0.15, -0.1) is 0 Å². The summed E-state index contributed by atoms with van der Waals surface area (Å²) in [7, 11) is 0. The third kappa shape index (κ3) is 3.65. The van der Waals surface area contributed by atoms with Gasteiger partial charge in [0.15, 0.2) is 0 Å². The van der Waals surface area contributed by atoms with Gasteiger partial charge in [-0.2, -0.15) is 0 Å². The number of carbonyl (C=O) groups is 2. The molecule has 7 heteroatoms. The monoisotopic (exact) mass is 422 g/mol. The second-order valence-electron chi connectivity index (χ2n) is 5.82. The Balaban J connectivity index is 1.66. The molecule has 2 aromatic rings. The second-order valence-corrected chi connectivity index (χ2v) is 7.17. The lowest BCUT2D eigenvalue weighted by atomic mass is 9.92. The molecule has 25 heavy (non-hydrogen) atoms. The Kier molecular flexibility index (Phi) is 5.01. The molecule has 3 amide bonds. The van der Waals surface area contributed by atoms with Gasteiger partial charge in [0.1, 0.15) is 17.9 Å². The molecule has 1 N–H and O–H groups in total. The fourth-order valence-corrected chi connectivity index (χ4v) is 3.05. The highest BCUT2D eigenvalue weighted by atomic mass is 79.9. The van der Waals surface area contributed by atoms with Gasteiger partial charge in [-0.3, -0.25) is 9.69 Å². The van der Waals surface area contributed by atoms with Gasteiger partial charge in [-0.25, -0.2) is 4.79 Å². The van der Waals surface area contributed by atoms with Crippen LogP contribution in [0.1, 0.15) is 12.5 Å². The first-order valence-corrected chi connectivity index (χ1v) is 8.86. The van der Waals surface area contributed by atoms with E-state index in [4.69, 9.17) is 16.3 Å². The van der Waals surface area contributed by atoms with Crippen LogP contribution >= 0.6 is 27.5 Å². The highest BCUT2D eigenvalue weighted by molar-refractivity contribution is 9.10. The highest BCUT2D eigenvalue weighted by Crippen LogP contribution is 2.29. The minimum absolute atomic E-state index is 0.171. The molecule has 2 aromatic carbocycles. The topological polar surface area (TPSA) is 58.6 Å². The Morgan fingerprint density at radius 1 is 1.12 bits per heavy atom. The maximum Gasteiger partial charge on any atom is 0.325 e. The summed E-state index contributed by atoms with van der Waals surface area (Å²) in [6, 6.07) is 13.8. The SMILES string of the molecule is CC1(c2ccc(Cl)cc2)NC(=O)N(CCOc2ccc(Br)cc2)C1=O. The van der Waals surface area contributed by atoms with Crippen molar-refractivity contribution in [1.29, 1.82) is 0 Å². The molecule has 1 atom stereocenters. The van der Waals surface area contributed by atoms with Crippen molar-refractivity contribution in [2.24, 2.45) is 0 Å². The van der Waals surface area contributed by atoms with Gasteiger partial charge in [0, 0.05) is 9.50 Å². The molecule has 1 aliphatic heterocycles. The number of urea groups is 1. The minimum atomic E-state index is -1.10. The summed E-state index contributed by atoms with van der Waals surface area (Å²) in [5.41, 5.74) is -0.411. The van der Waals surface area contributed by atoms with E-state index >= 15 is 0 Å². The number of hydrogen-bond donors (Lipinski definition) is 1. The van der Waals surface area contributed by atoms with Crippen molar-refractivity contribution in [3.63, 3.8) is 0 Å². The van der Waals surface area contributed by atoms with Gasteiger partial charge in [-0.05, 0) is 48.9 Å². The molecule has 0 saturated carbocycles. The molecule has 5 nitrogen and oxygen atoms in total. The summed E-state index contributed by atoms with van der Waals surface area (Å²) in [4.78, 5) is 26.2. The summed E-state index contributed by atoms with van der Waals surface area (Å²) >= 11 is 9.24. The van der Waals surface area contributed by atoms with E-state index in [1.165, 1.54) is 4.90 Å². The van der Waals surface area contributed by atoms with Crippen LogP contribution in [-0.4, -0.2) is 30.0 Å². The third-order valence-corrected chi connectivity index (χ3v) is 4.87. The van der Waals surface area contributed by atoms with Gasteiger partial charge in [0.25, 0.3) is 5.91 Å². The summed E-state index contributed by atoms with van der Waals surface area (Å²) in [5.74, 6) is 0.370. The van der Waals surface area contributed by atoms with Crippen LogP contribution < -0.4 is 10.1 Å². The molecule has 1 saturated heterocycles. The van der Waals surface area contributed by atoms with Crippen LogP contribution in [-0.2, 0) is 10.3 Å². The number of imide groups is 1. The van der Waals surface area contributed by atoms with Crippen LogP contribution in [0.4, 0.5) is 4.79 Å². The molecule has 0 spiro atoms.